The van der Waals surface area contributed by atoms with Gasteiger partial charge in [0.2, 0.25) is 0 Å². The van der Waals surface area contributed by atoms with Gasteiger partial charge in [-0.2, -0.15) is 0 Å². The lowest BCUT2D eigenvalue weighted by Crippen LogP contribution is -2.42. The summed E-state index contributed by atoms with van der Waals surface area (Å²) in [7, 11) is 0. The smallest absolute Gasteiger partial charge is 0.336 e. The first-order chi connectivity index (χ1) is 12.4. The van der Waals surface area contributed by atoms with Crippen molar-refractivity contribution in [2.45, 2.75) is 46.1 Å². The van der Waals surface area contributed by atoms with Crippen LogP contribution in [0.5, 0.6) is 5.75 Å². The van der Waals surface area contributed by atoms with Crippen LogP contribution >= 0.6 is 0 Å². The summed E-state index contributed by atoms with van der Waals surface area (Å²) in [4.78, 5) is 34.8. The molecule has 1 atom stereocenters. The first kappa shape index (κ1) is 19.5. The lowest BCUT2D eigenvalue weighted by atomic mass is 10.0. The maximum atomic E-state index is 12.0. The standard InChI is InChI=1S/C19H23NO6/c1-4-6-14(19(23)24)20-16(21)10-25-15-8-7-13-12(5-2)9-17(22)26-18(13)11(15)3/h7-9,14H,4-6,10H2,1-3H3,(H,20,21)(H,23,24). The van der Waals surface area contributed by atoms with E-state index in [9.17, 15) is 14.4 Å². The van der Waals surface area contributed by atoms with Gasteiger partial charge >= 0.3 is 11.6 Å². The Bertz CT molecular complexity index is 870. The molecule has 0 saturated heterocycles. The molecule has 7 heteroatoms. The number of fused-ring (bicyclic) bond motifs is 1. The van der Waals surface area contributed by atoms with Crippen molar-refractivity contribution in [1.82, 2.24) is 5.32 Å². The Morgan fingerprint density at radius 2 is 2.04 bits per heavy atom. The quantitative estimate of drug-likeness (QED) is 0.700. The third-order valence-electron chi connectivity index (χ3n) is 4.15. The Kier molecular flexibility index (Phi) is 6.38. The maximum absolute atomic E-state index is 12.0. The van der Waals surface area contributed by atoms with Gasteiger partial charge in [-0.3, -0.25) is 4.79 Å². The molecular formula is C19H23NO6. The molecule has 0 radical (unpaired) electrons. The summed E-state index contributed by atoms with van der Waals surface area (Å²) in [5.41, 5.74) is 1.50. The minimum absolute atomic E-state index is 0.322. The summed E-state index contributed by atoms with van der Waals surface area (Å²) in [6.45, 7) is 5.22. The van der Waals surface area contributed by atoms with Gasteiger partial charge < -0.3 is 19.6 Å². The van der Waals surface area contributed by atoms with Gasteiger partial charge in [-0.1, -0.05) is 20.3 Å². The van der Waals surface area contributed by atoms with Crippen LogP contribution in [-0.4, -0.2) is 29.6 Å². The number of benzene rings is 1. The van der Waals surface area contributed by atoms with Crippen LogP contribution in [0.3, 0.4) is 0 Å². The van der Waals surface area contributed by atoms with Gasteiger partial charge in [0, 0.05) is 17.0 Å². The first-order valence-electron chi connectivity index (χ1n) is 8.58. The molecule has 0 fully saturated rings. The molecule has 1 aromatic carbocycles. The summed E-state index contributed by atoms with van der Waals surface area (Å²) in [5, 5.41) is 12.3. The molecule has 0 bridgehead atoms. The molecule has 140 valence electrons. The van der Waals surface area contributed by atoms with Crippen LogP contribution in [0.1, 0.15) is 37.8 Å². The second-order valence-electron chi connectivity index (χ2n) is 6.05. The Morgan fingerprint density at radius 3 is 2.65 bits per heavy atom. The molecule has 0 aliphatic heterocycles. The average molecular weight is 361 g/mol. The number of carbonyl (C=O) groups excluding carboxylic acids is 1. The largest absolute Gasteiger partial charge is 0.483 e. The molecule has 7 nitrogen and oxygen atoms in total. The lowest BCUT2D eigenvalue weighted by molar-refractivity contribution is -0.142. The van der Waals surface area contributed by atoms with E-state index in [2.05, 4.69) is 5.32 Å². The van der Waals surface area contributed by atoms with Gasteiger partial charge in [-0.15, -0.1) is 0 Å². The molecule has 2 N–H and O–H groups in total. The fourth-order valence-corrected chi connectivity index (χ4v) is 2.78. The van der Waals surface area contributed by atoms with Crippen LogP contribution in [0.4, 0.5) is 0 Å². The predicted octanol–water partition coefficient (Wildman–Crippen LogP) is 2.41. The second-order valence-corrected chi connectivity index (χ2v) is 6.05. The number of rotatable bonds is 8. The normalized spacial score (nSPS) is 12.0. The Hall–Kier alpha value is -2.83. The van der Waals surface area contributed by atoms with E-state index in [1.807, 2.05) is 13.8 Å². The topological polar surface area (TPSA) is 106 Å². The Labute approximate surface area is 151 Å². The molecule has 1 heterocycles. The molecule has 2 rings (SSSR count). The number of hydrogen-bond donors (Lipinski definition) is 2. The molecule has 1 aromatic heterocycles. The van der Waals surface area contributed by atoms with Crippen molar-refractivity contribution in [2.24, 2.45) is 0 Å². The van der Waals surface area contributed by atoms with E-state index in [0.29, 0.717) is 36.2 Å². The minimum atomic E-state index is -1.07. The number of carboxylic acids is 1. The number of hydrogen-bond acceptors (Lipinski definition) is 5. The highest BCUT2D eigenvalue weighted by molar-refractivity contribution is 5.86. The van der Waals surface area contributed by atoms with Crippen LogP contribution in [0.15, 0.2) is 27.4 Å². The summed E-state index contributed by atoms with van der Waals surface area (Å²) in [5.74, 6) is -1.18. The SMILES string of the molecule is CCCC(NC(=O)COc1ccc2c(CC)cc(=O)oc2c1C)C(=O)O. The fourth-order valence-electron chi connectivity index (χ4n) is 2.78. The zero-order valence-corrected chi connectivity index (χ0v) is 15.1. The highest BCUT2D eigenvalue weighted by Gasteiger charge is 2.19. The van der Waals surface area contributed by atoms with Crippen molar-refractivity contribution in [2.75, 3.05) is 6.61 Å². The molecule has 1 unspecified atom stereocenters. The van der Waals surface area contributed by atoms with Crippen LogP contribution in [0.2, 0.25) is 0 Å². The van der Waals surface area contributed by atoms with E-state index in [1.54, 1.807) is 19.1 Å². The molecule has 0 spiro atoms. The van der Waals surface area contributed by atoms with Crippen LogP contribution in [0.25, 0.3) is 11.0 Å². The van der Waals surface area contributed by atoms with Crippen molar-refractivity contribution in [3.63, 3.8) is 0 Å². The lowest BCUT2D eigenvalue weighted by Gasteiger charge is -2.15. The van der Waals surface area contributed by atoms with E-state index >= 15 is 0 Å². The zero-order valence-electron chi connectivity index (χ0n) is 15.1. The Balaban J connectivity index is 2.16. The van der Waals surface area contributed by atoms with Crippen molar-refractivity contribution >= 4 is 22.8 Å². The number of carbonyl (C=O) groups is 2. The van der Waals surface area contributed by atoms with Crippen LogP contribution in [0, 0.1) is 6.92 Å². The highest BCUT2D eigenvalue weighted by Crippen LogP contribution is 2.28. The van der Waals surface area contributed by atoms with E-state index in [4.69, 9.17) is 14.3 Å². The van der Waals surface area contributed by atoms with Gasteiger partial charge in [0.05, 0.1) is 0 Å². The third-order valence-corrected chi connectivity index (χ3v) is 4.15. The second kappa shape index (κ2) is 8.51. The maximum Gasteiger partial charge on any atom is 0.336 e. The number of aryl methyl sites for hydroxylation is 2. The highest BCUT2D eigenvalue weighted by atomic mass is 16.5. The number of aliphatic carboxylic acids is 1. The summed E-state index contributed by atoms with van der Waals surface area (Å²) in [6, 6.07) is 4.04. The summed E-state index contributed by atoms with van der Waals surface area (Å²) in [6.07, 6.45) is 1.68. The van der Waals surface area contributed by atoms with Crippen LogP contribution < -0.4 is 15.7 Å². The summed E-state index contributed by atoms with van der Waals surface area (Å²) < 4.78 is 10.8. The molecule has 0 aliphatic rings. The van der Waals surface area contributed by atoms with Gasteiger partial charge in [0.25, 0.3) is 5.91 Å². The van der Waals surface area contributed by atoms with Crippen molar-refractivity contribution in [3.8, 4) is 5.75 Å². The number of carboxylic acid groups (broad SMARTS) is 1. The monoisotopic (exact) mass is 361 g/mol. The van der Waals surface area contributed by atoms with E-state index < -0.39 is 23.5 Å². The van der Waals surface area contributed by atoms with E-state index in [-0.39, 0.29) is 6.61 Å². The average Bonchev–Trinajstić information content (AvgIpc) is 2.60. The predicted molar refractivity (Wildman–Crippen MR) is 96.6 cm³/mol. The van der Waals surface area contributed by atoms with Crippen molar-refractivity contribution < 1.29 is 23.8 Å². The van der Waals surface area contributed by atoms with Crippen LogP contribution in [-0.2, 0) is 16.0 Å². The summed E-state index contributed by atoms with van der Waals surface area (Å²) >= 11 is 0. The van der Waals surface area contributed by atoms with Gasteiger partial charge in [-0.25, -0.2) is 9.59 Å². The number of ether oxygens (including phenoxy) is 1. The molecule has 0 aliphatic carbocycles. The van der Waals surface area contributed by atoms with Crippen molar-refractivity contribution in [1.29, 1.82) is 0 Å². The minimum Gasteiger partial charge on any atom is -0.483 e. The third kappa shape index (κ3) is 4.41. The number of amides is 1. The van der Waals surface area contributed by atoms with Gasteiger partial charge in [0.1, 0.15) is 17.4 Å². The first-order valence-corrected chi connectivity index (χ1v) is 8.58. The molecule has 2 aromatic rings. The molecular weight excluding hydrogens is 338 g/mol. The van der Waals surface area contributed by atoms with E-state index in [0.717, 1.165) is 10.9 Å². The van der Waals surface area contributed by atoms with E-state index in [1.165, 1.54) is 6.07 Å². The van der Waals surface area contributed by atoms with Gasteiger partial charge in [-0.05, 0) is 37.5 Å². The van der Waals surface area contributed by atoms with Gasteiger partial charge in [0.15, 0.2) is 6.61 Å². The molecule has 26 heavy (non-hydrogen) atoms. The zero-order chi connectivity index (χ0) is 19.3. The number of nitrogens with one attached hydrogen (secondary N) is 1. The molecule has 1 amide bonds. The molecule has 0 saturated carbocycles. The Morgan fingerprint density at radius 1 is 1.31 bits per heavy atom. The van der Waals surface area contributed by atoms with Crippen molar-refractivity contribution in [3.05, 3.63) is 39.7 Å². The fraction of sp³-hybridized carbons (Fsp3) is 0.421.